The molecule has 27 heavy (non-hydrogen) atoms. The summed E-state index contributed by atoms with van der Waals surface area (Å²) in [7, 11) is 0. The van der Waals surface area contributed by atoms with Crippen LogP contribution in [-0.4, -0.2) is 42.5 Å². The summed E-state index contributed by atoms with van der Waals surface area (Å²) in [5.41, 5.74) is -2.44. The number of carbonyl (C=O) groups excluding carboxylic acids is 3. The van der Waals surface area contributed by atoms with Crippen LogP contribution in [0.2, 0.25) is 0 Å². The van der Waals surface area contributed by atoms with E-state index in [1.807, 2.05) is 5.32 Å². The molecule has 0 fully saturated rings. The number of anilines is 1. The molecule has 0 aromatic heterocycles. The first-order valence-corrected chi connectivity index (χ1v) is 7.37. The normalized spacial score (nSPS) is 10.7. The molecule has 3 N–H and O–H groups in total. The third-order valence-electron chi connectivity index (χ3n) is 2.90. The van der Waals surface area contributed by atoms with Gasteiger partial charge in [0.15, 0.2) is 6.61 Å². The van der Waals surface area contributed by atoms with Gasteiger partial charge in [-0.1, -0.05) is 0 Å². The summed E-state index contributed by atoms with van der Waals surface area (Å²) in [4.78, 5) is 43.8. The zero-order valence-corrected chi connectivity index (χ0v) is 13.9. The molecule has 3 amide bonds. The lowest BCUT2D eigenvalue weighted by atomic mass is 10.1. The molecule has 10 nitrogen and oxygen atoms in total. The Balaban J connectivity index is 2.62. The maximum atomic E-state index is 12.6. The molecular formula is C14H15F3N4O6. The fraction of sp³-hybridized carbons (Fsp3) is 0.357. The fourth-order valence-electron chi connectivity index (χ4n) is 1.74. The molecule has 0 atom stereocenters. The number of nitro groups is 1. The highest BCUT2D eigenvalue weighted by Crippen LogP contribution is 2.34. The summed E-state index contributed by atoms with van der Waals surface area (Å²) in [6, 6.07) is 0.960. The molecule has 148 valence electrons. The molecule has 0 bridgehead atoms. The van der Waals surface area contributed by atoms with Crippen LogP contribution in [0.25, 0.3) is 0 Å². The third-order valence-corrected chi connectivity index (χ3v) is 2.90. The minimum atomic E-state index is -4.76. The number of nitrogens with zero attached hydrogens (tertiary/aromatic N) is 1. The number of hydrogen-bond acceptors (Lipinski definition) is 7. The van der Waals surface area contributed by atoms with Gasteiger partial charge in [-0.05, 0) is 19.1 Å². The van der Waals surface area contributed by atoms with E-state index in [0.29, 0.717) is 12.1 Å². The van der Waals surface area contributed by atoms with Crippen LogP contribution in [0.15, 0.2) is 18.2 Å². The summed E-state index contributed by atoms with van der Waals surface area (Å²) in [6.07, 6.45) is -4.76. The summed E-state index contributed by atoms with van der Waals surface area (Å²) in [6.45, 7) is 0.457. The molecule has 1 aromatic rings. The van der Waals surface area contributed by atoms with Crippen molar-refractivity contribution in [1.29, 1.82) is 0 Å². The van der Waals surface area contributed by atoms with Crippen molar-refractivity contribution in [2.45, 2.75) is 13.1 Å². The number of amides is 3. The highest BCUT2D eigenvalue weighted by molar-refractivity contribution is 5.95. The number of imide groups is 1. The predicted molar refractivity (Wildman–Crippen MR) is 84.8 cm³/mol. The first kappa shape index (κ1) is 21.7. The second-order valence-electron chi connectivity index (χ2n) is 4.91. The van der Waals surface area contributed by atoms with Gasteiger partial charge in [0.25, 0.3) is 11.6 Å². The van der Waals surface area contributed by atoms with Crippen molar-refractivity contribution in [3.8, 4) is 0 Å². The van der Waals surface area contributed by atoms with Gasteiger partial charge in [0.2, 0.25) is 0 Å². The van der Waals surface area contributed by atoms with Crippen molar-refractivity contribution in [2.24, 2.45) is 0 Å². The molecule has 0 aliphatic carbocycles. The second kappa shape index (κ2) is 9.35. The lowest BCUT2D eigenvalue weighted by Crippen LogP contribution is -2.41. The van der Waals surface area contributed by atoms with Crippen LogP contribution in [0.1, 0.15) is 12.5 Å². The van der Waals surface area contributed by atoms with Crippen molar-refractivity contribution in [1.82, 2.24) is 10.6 Å². The SMILES string of the molecule is CCNC(=O)NC(=O)COC(=O)CNc1ccc(C(F)(F)F)cc1[N+](=O)[O-]. The molecule has 1 aromatic carbocycles. The van der Waals surface area contributed by atoms with Crippen molar-refractivity contribution >= 4 is 29.3 Å². The van der Waals surface area contributed by atoms with E-state index >= 15 is 0 Å². The molecule has 0 heterocycles. The van der Waals surface area contributed by atoms with Gasteiger partial charge in [-0.15, -0.1) is 0 Å². The molecule has 0 radical (unpaired) electrons. The van der Waals surface area contributed by atoms with Crippen LogP contribution in [0.3, 0.4) is 0 Å². The molecule has 1 rings (SSSR count). The van der Waals surface area contributed by atoms with Crippen LogP contribution >= 0.6 is 0 Å². The monoisotopic (exact) mass is 392 g/mol. The molecule has 0 aliphatic rings. The average molecular weight is 392 g/mol. The number of alkyl halides is 3. The van der Waals surface area contributed by atoms with Gasteiger partial charge >= 0.3 is 18.2 Å². The van der Waals surface area contributed by atoms with E-state index in [-0.39, 0.29) is 12.2 Å². The average Bonchev–Trinajstić information content (AvgIpc) is 2.57. The second-order valence-corrected chi connectivity index (χ2v) is 4.91. The fourth-order valence-corrected chi connectivity index (χ4v) is 1.74. The molecule has 0 saturated carbocycles. The summed E-state index contributed by atoms with van der Waals surface area (Å²) in [5, 5.41) is 17.3. The van der Waals surface area contributed by atoms with E-state index in [4.69, 9.17) is 0 Å². The molecule has 0 spiro atoms. The summed E-state index contributed by atoms with van der Waals surface area (Å²) in [5.74, 6) is -1.93. The van der Waals surface area contributed by atoms with E-state index < -0.39 is 53.4 Å². The van der Waals surface area contributed by atoms with Crippen molar-refractivity contribution < 1.29 is 37.2 Å². The number of ether oxygens (including phenoxy) is 1. The number of nitro benzene ring substituents is 1. The lowest BCUT2D eigenvalue weighted by Gasteiger charge is -2.10. The topological polar surface area (TPSA) is 140 Å². The number of rotatable bonds is 7. The maximum absolute atomic E-state index is 12.6. The first-order valence-electron chi connectivity index (χ1n) is 7.37. The lowest BCUT2D eigenvalue weighted by molar-refractivity contribution is -0.384. The largest absolute Gasteiger partial charge is 0.454 e. The molecule has 13 heteroatoms. The first-order chi connectivity index (χ1) is 12.5. The number of benzene rings is 1. The molecular weight excluding hydrogens is 377 g/mol. The zero-order chi connectivity index (χ0) is 20.6. The Morgan fingerprint density at radius 1 is 1.26 bits per heavy atom. The van der Waals surface area contributed by atoms with Crippen LogP contribution in [-0.2, 0) is 20.5 Å². The van der Waals surface area contributed by atoms with E-state index in [1.165, 1.54) is 0 Å². The van der Waals surface area contributed by atoms with E-state index in [1.54, 1.807) is 6.92 Å². The van der Waals surface area contributed by atoms with Crippen LogP contribution in [0.5, 0.6) is 0 Å². The number of esters is 1. The Labute approximate surface area is 150 Å². The minimum Gasteiger partial charge on any atom is -0.454 e. The number of hydrogen-bond donors (Lipinski definition) is 3. The summed E-state index contributed by atoms with van der Waals surface area (Å²) < 4.78 is 42.4. The molecule has 0 aliphatic heterocycles. The summed E-state index contributed by atoms with van der Waals surface area (Å²) >= 11 is 0. The third kappa shape index (κ3) is 7.17. The van der Waals surface area contributed by atoms with Gasteiger partial charge in [0, 0.05) is 12.6 Å². The number of carbonyl (C=O) groups is 3. The Bertz CT molecular complexity index is 738. The van der Waals surface area contributed by atoms with Gasteiger partial charge in [-0.3, -0.25) is 25.0 Å². The van der Waals surface area contributed by atoms with Crippen molar-refractivity contribution in [3.63, 3.8) is 0 Å². The predicted octanol–water partition coefficient (Wildman–Crippen LogP) is 1.41. The highest BCUT2D eigenvalue weighted by atomic mass is 19.4. The van der Waals surface area contributed by atoms with Gasteiger partial charge in [-0.2, -0.15) is 13.2 Å². The Morgan fingerprint density at radius 3 is 2.48 bits per heavy atom. The van der Waals surface area contributed by atoms with Crippen LogP contribution < -0.4 is 16.0 Å². The van der Waals surface area contributed by atoms with Crippen molar-refractivity contribution in [3.05, 3.63) is 33.9 Å². The quantitative estimate of drug-likeness (QED) is 0.362. The van der Waals surface area contributed by atoms with E-state index in [0.717, 1.165) is 6.07 Å². The smallest absolute Gasteiger partial charge is 0.416 e. The van der Waals surface area contributed by atoms with Crippen LogP contribution in [0, 0.1) is 10.1 Å². The van der Waals surface area contributed by atoms with E-state index in [9.17, 15) is 37.7 Å². The van der Waals surface area contributed by atoms with Gasteiger partial charge in [0.05, 0.1) is 10.5 Å². The maximum Gasteiger partial charge on any atom is 0.416 e. The van der Waals surface area contributed by atoms with Crippen LogP contribution in [0.4, 0.5) is 29.3 Å². The Morgan fingerprint density at radius 2 is 1.93 bits per heavy atom. The van der Waals surface area contributed by atoms with Gasteiger partial charge < -0.3 is 15.4 Å². The van der Waals surface area contributed by atoms with Gasteiger partial charge in [0.1, 0.15) is 12.2 Å². The number of halogens is 3. The number of urea groups is 1. The molecule has 0 unspecified atom stereocenters. The number of nitrogens with one attached hydrogen (secondary N) is 3. The van der Waals surface area contributed by atoms with Gasteiger partial charge in [-0.25, -0.2) is 4.79 Å². The zero-order valence-electron chi connectivity index (χ0n) is 13.9. The molecule has 0 saturated heterocycles. The van der Waals surface area contributed by atoms with Crippen molar-refractivity contribution in [2.75, 3.05) is 25.0 Å². The Hall–Kier alpha value is -3.38. The standard InChI is InChI=1S/C14H15F3N4O6/c1-2-18-13(24)20-11(22)7-27-12(23)6-19-9-4-3-8(14(15,16)17)5-10(9)21(25)26/h3-5,19H,2,6-7H2,1H3,(H2,18,20,22,24). The van der Waals surface area contributed by atoms with E-state index in [2.05, 4.69) is 15.4 Å². The highest BCUT2D eigenvalue weighted by Gasteiger charge is 2.33. The Kier molecular flexibility index (Phi) is 7.50. The minimum absolute atomic E-state index is 0.273.